The van der Waals surface area contributed by atoms with E-state index in [0.29, 0.717) is 14.9 Å². The van der Waals surface area contributed by atoms with Gasteiger partial charge in [0, 0.05) is 10.5 Å². The van der Waals surface area contributed by atoms with Crippen LogP contribution in [0.4, 0.5) is 5.82 Å². The van der Waals surface area contributed by atoms with Crippen molar-refractivity contribution in [2.24, 2.45) is 7.05 Å². The largest absolute Gasteiger partial charge is 0.358 e. The molecule has 0 aliphatic heterocycles. The van der Waals surface area contributed by atoms with Gasteiger partial charge in [-0.1, -0.05) is 41.7 Å². The second-order valence-electron chi connectivity index (χ2n) is 4.80. The predicted molar refractivity (Wildman–Crippen MR) is 90.8 cm³/mol. The number of hydrogen-bond donors (Lipinski definition) is 0. The number of aromatic nitrogens is 4. The zero-order valence-corrected chi connectivity index (χ0v) is 14.3. The molecule has 25 heavy (non-hydrogen) atoms. The van der Waals surface area contributed by atoms with Crippen LogP contribution in [0.5, 0.6) is 0 Å². The highest BCUT2D eigenvalue weighted by Gasteiger charge is 2.28. The lowest BCUT2D eigenvalue weighted by molar-refractivity contribution is -0.500. The third-order valence-corrected chi connectivity index (χ3v) is 5.44. The average molecular weight is 378 g/mol. The van der Waals surface area contributed by atoms with Gasteiger partial charge in [-0.05, 0) is 16.7 Å². The summed E-state index contributed by atoms with van der Waals surface area (Å²) in [7, 11) is 1.50. The molecule has 3 aromatic rings. The number of nitrogens with zero attached hydrogens (tertiary/aromatic N) is 6. The summed E-state index contributed by atoms with van der Waals surface area (Å²) < 4.78 is 1.67. The monoisotopic (exact) mass is 378 g/mol. The van der Waals surface area contributed by atoms with Crippen molar-refractivity contribution in [2.75, 3.05) is 0 Å². The molecule has 12 heteroatoms. The number of rotatable bonds is 6. The maximum absolute atomic E-state index is 11.4. The number of imidazole rings is 1. The minimum atomic E-state index is -1.02. The van der Waals surface area contributed by atoms with Crippen LogP contribution in [0.3, 0.4) is 0 Å². The molecule has 1 unspecified atom stereocenters. The topological polar surface area (TPSA) is 130 Å². The first-order valence-corrected chi connectivity index (χ1v) is 8.52. The van der Waals surface area contributed by atoms with E-state index < -0.39 is 15.2 Å². The molecular formula is C13H10N6O4S2. The quantitative estimate of drug-likeness (QED) is 0.277. The minimum Gasteiger partial charge on any atom is -0.358 e. The lowest BCUT2D eigenvalue weighted by Gasteiger charge is -2.06. The SMILES string of the molecule is Cn1c([N+](=O)[O-])cnc1-c1nnc(SC(c2ccccc2)[N+](=O)[O-])s1. The van der Waals surface area contributed by atoms with Gasteiger partial charge in [-0.15, -0.1) is 10.2 Å². The van der Waals surface area contributed by atoms with E-state index in [2.05, 4.69) is 15.2 Å². The molecule has 0 amide bonds. The summed E-state index contributed by atoms with van der Waals surface area (Å²) in [5.41, 5.74) is 0.543. The lowest BCUT2D eigenvalue weighted by Crippen LogP contribution is -2.06. The number of thioether (sulfide) groups is 1. The summed E-state index contributed by atoms with van der Waals surface area (Å²) in [5.74, 6) is 0.111. The summed E-state index contributed by atoms with van der Waals surface area (Å²) in [5, 5.41) is 29.5. The van der Waals surface area contributed by atoms with Crippen LogP contribution in [0.15, 0.2) is 40.9 Å². The molecule has 0 saturated carbocycles. The van der Waals surface area contributed by atoms with Crippen molar-refractivity contribution in [3.63, 3.8) is 0 Å². The highest BCUT2D eigenvalue weighted by Crippen LogP contribution is 2.38. The van der Waals surface area contributed by atoms with Crippen LogP contribution in [-0.2, 0) is 7.05 Å². The molecule has 0 radical (unpaired) electrons. The molecule has 0 aliphatic carbocycles. The Kier molecular flexibility index (Phi) is 4.72. The van der Waals surface area contributed by atoms with E-state index >= 15 is 0 Å². The van der Waals surface area contributed by atoms with Gasteiger partial charge >= 0.3 is 5.82 Å². The number of benzene rings is 1. The first-order valence-electron chi connectivity index (χ1n) is 6.82. The van der Waals surface area contributed by atoms with Crippen molar-refractivity contribution >= 4 is 28.9 Å². The zero-order chi connectivity index (χ0) is 18.0. The van der Waals surface area contributed by atoms with Crippen LogP contribution in [0.1, 0.15) is 10.9 Å². The van der Waals surface area contributed by atoms with Gasteiger partial charge in [0.25, 0.3) is 11.2 Å². The maximum Gasteiger partial charge on any atom is 0.342 e. The molecule has 2 aromatic heterocycles. The molecule has 1 atom stereocenters. The highest BCUT2D eigenvalue weighted by molar-refractivity contribution is 8.01. The highest BCUT2D eigenvalue weighted by atomic mass is 32.2. The smallest absolute Gasteiger partial charge is 0.342 e. The summed E-state index contributed by atoms with van der Waals surface area (Å²) in [4.78, 5) is 25.3. The normalized spacial score (nSPS) is 12.0. The van der Waals surface area contributed by atoms with E-state index in [4.69, 9.17) is 0 Å². The summed E-state index contributed by atoms with van der Waals surface area (Å²) in [6, 6.07) is 8.58. The van der Waals surface area contributed by atoms with Gasteiger partial charge in [0.1, 0.15) is 6.20 Å². The van der Waals surface area contributed by atoms with Gasteiger partial charge in [0.05, 0.1) is 7.05 Å². The van der Waals surface area contributed by atoms with Gasteiger partial charge in [-0.25, -0.2) is 9.55 Å². The van der Waals surface area contributed by atoms with Crippen LogP contribution in [0, 0.1) is 20.2 Å². The second-order valence-corrected chi connectivity index (χ2v) is 7.10. The minimum absolute atomic E-state index is 0.174. The Morgan fingerprint density at radius 2 is 1.92 bits per heavy atom. The van der Waals surface area contributed by atoms with Crippen LogP contribution < -0.4 is 0 Å². The molecule has 1 aromatic carbocycles. The van der Waals surface area contributed by atoms with Gasteiger partial charge in [-0.3, -0.25) is 10.1 Å². The fourth-order valence-electron chi connectivity index (χ4n) is 2.06. The molecule has 0 fully saturated rings. The second kappa shape index (κ2) is 6.94. The van der Waals surface area contributed by atoms with E-state index in [1.807, 2.05) is 0 Å². The van der Waals surface area contributed by atoms with Crippen molar-refractivity contribution in [2.45, 2.75) is 9.71 Å². The fraction of sp³-hybridized carbons (Fsp3) is 0.154. The van der Waals surface area contributed by atoms with Crippen molar-refractivity contribution < 1.29 is 9.85 Å². The van der Waals surface area contributed by atoms with E-state index in [1.54, 1.807) is 30.3 Å². The van der Waals surface area contributed by atoms with Crippen molar-refractivity contribution in [3.05, 3.63) is 62.3 Å². The zero-order valence-electron chi connectivity index (χ0n) is 12.7. The number of nitro groups is 2. The fourth-order valence-corrected chi connectivity index (χ4v) is 4.03. The predicted octanol–water partition coefficient (Wildman–Crippen LogP) is 2.91. The molecule has 0 N–H and O–H groups in total. The molecule has 0 bridgehead atoms. The van der Waals surface area contributed by atoms with Crippen LogP contribution in [0.2, 0.25) is 0 Å². The third kappa shape index (κ3) is 3.49. The Bertz CT molecular complexity index is 926. The maximum atomic E-state index is 11.4. The molecule has 0 spiro atoms. The number of hydrogen-bond acceptors (Lipinski definition) is 9. The average Bonchev–Trinajstić information content (AvgIpc) is 3.19. The third-order valence-electron chi connectivity index (χ3n) is 3.24. The first-order chi connectivity index (χ1) is 12.0. The molecule has 10 nitrogen and oxygen atoms in total. The molecule has 0 saturated heterocycles. The molecular weight excluding hydrogens is 368 g/mol. The summed E-state index contributed by atoms with van der Waals surface area (Å²) in [6.07, 6.45) is 1.13. The Hall–Kier alpha value is -2.86. The molecule has 3 rings (SSSR count). The summed E-state index contributed by atoms with van der Waals surface area (Å²) >= 11 is 2.06. The van der Waals surface area contributed by atoms with Crippen molar-refractivity contribution in [1.82, 2.24) is 19.7 Å². The van der Waals surface area contributed by atoms with Crippen molar-refractivity contribution in [3.8, 4) is 10.8 Å². The first kappa shape index (κ1) is 17.0. The Balaban J connectivity index is 1.86. The van der Waals surface area contributed by atoms with Crippen LogP contribution in [0.25, 0.3) is 10.8 Å². The van der Waals surface area contributed by atoms with Gasteiger partial charge < -0.3 is 10.1 Å². The van der Waals surface area contributed by atoms with Gasteiger partial charge in [0.15, 0.2) is 4.34 Å². The lowest BCUT2D eigenvalue weighted by atomic mass is 10.2. The molecule has 2 heterocycles. The van der Waals surface area contributed by atoms with Gasteiger partial charge in [-0.2, -0.15) is 0 Å². The summed E-state index contributed by atoms with van der Waals surface area (Å²) in [6.45, 7) is 0. The standard InChI is InChI=1S/C13H10N6O4S2/c1-17-9(18(20)21)7-14-10(17)11-15-16-13(24-11)25-12(19(22)23)8-5-3-2-4-6-8/h2-7,12H,1H3. The molecule has 0 aliphatic rings. The van der Waals surface area contributed by atoms with Crippen LogP contribution in [-0.4, -0.2) is 29.6 Å². The van der Waals surface area contributed by atoms with E-state index in [-0.39, 0.29) is 11.6 Å². The van der Waals surface area contributed by atoms with Gasteiger partial charge in [0.2, 0.25) is 5.01 Å². The Morgan fingerprint density at radius 3 is 2.52 bits per heavy atom. The Labute approximate surface area is 148 Å². The van der Waals surface area contributed by atoms with Crippen molar-refractivity contribution in [1.29, 1.82) is 0 Å². The van der Waals surface area contributed by atoms with Crippen LogP contribution >= 0.6 is 23.1 Å². The van der Waals surface area contributed by atoms with E-state index in [1.165, 1.54) is 11.6 Å². The Morgan fingerprint density at radius 1 is 1.20 bits per heavy atom. The van der Waals surface area contributed by atoms with E-state index in [9.17, 15) is 20.2 Å². The van der Waals surface area contributed by atoms with E-state index in [0.717, 1.165) is 29.3 Å². The molecule has 128 valence electrons.